The van der Waals surface area contributed by atoms with Gasteiger partial charge in [-0.05, 0) is 37.0 Å². The summed E-state index contributed by atoms with van der Waals surface area (Å²) in [6.07, 6.45) is 18.0. The van der Waals surface area contributed by atoms with Gasteiger partial charge in [0.15, 0.2) is 0 Å². The predicted molar refractivity (Wildman–Crippen MR) is 129 cm³/mol. The Balaban J connectivity index is 1.42. The molecule has 0 aliphatic heterocycles. The number of unbranched alkanes of at least 4 members (excludes halogenated alkanes) is 9. The maximum atomic E-state index is 2.37. The third kappa shape index (κ3) is 10.3. The van der Waals surface area contributed by atoms with Crippen LogP contribution in [0.25, 0.3) is 6.08 Å². The quantitative estimate of drug-likeness (QED) is 0.228. The SMILES string of the molecule is CN(C)N(CCCCCCCCCCCC=Cc1ccccc1)c1ccccc1. The van der Waals surface area contributed by atoms with E-state index in [0.29, 0.717) is 0 Å². The number of nitrogens with zero attached hydrogens (tertiary/aromatic N) is 2. The number of hydrazine groups is 1. The first-order valence-electron chi connectivity index (χ1n) is 11.5. The number of hydrogen-bond donors (Lipinski definition) is 0. The number of benzene rings is 2. The molecule has 0 heterocycles. The molecule has 0 unspecified atom stereocenters. The van der Waals surface area contributed by atoms with Crippen LogP contribution in [0.4, 0.5) is 5.69 Å². The van der Waals surface area contributed by atoms with Gasteiger partial charge in [0, 0.05) is 20.6 Å². The van der Waals surface area contributed by atoms with Crippen LogP contribution in [-0.4, -0.2) is 25.6 Å². The van der Waals surface area contributed by atoms with Crippen molar-refractivity contribution in [2.24, 2.45) is 0 Å². The maximum absolute atomic E-state index is 2.37. The van der Waals surface area contributed by atoms with Crippen LogP contribution < -0.4 is 5.01 Å². The summed E-state index contributed by atoms with van der Waals surface area (Å²) in [5.41, 5.74) is 2.60. The van der Waals surface area contributed by atoms with Crippen molar-refractivity contribution in [3.05, 3.63) is 72.3 Å². The van der Waals surface area contributed by atoms with Crippen molar-refractivity contribution < 1.29 is 0 Å². The topological polar surface area (TPSA) is 6.48 Å². The minimum atomic E-state index is 1.10. The molecule has 0 bridgehead atoms. The lowest BCUT2D eigenvalue weighted by Crippen LogP contribution is -2.37. The van der Waals surface area contributed by atoms with E-state index in [1.54, 1.807) is 0 Å². The first kappa shape index (κ1) is 23.2. The zero-order valence-corrected chi connectivity index (χ0v) is 18.6. The molecule has 0 saturated heterocycles. The van der Waals surface area contributed by atoms with Crippen molar-refractivity contribution in [3.63, 3.8) is 0 Å². The lowest BCUT2D eigenvalue weighted by atomic mass is 10.1. The highest BCUT2D eigenvalue weighted by atomic mass is 15.6. The molecular weight excluding hydrogens is 352 g/mol. The molecule has 0 amide bonds. The minimum Gasteiger partial charge on any atom is -0.306 e. The molecule has 0 N–H and O–H groups in total. The van der Waals surface area contributed by atoms with Gasteiger partial charge in [-0.25, -0.2) is 5.01 Å². The van der Waals surface area contributed by atoms with Crippen LogP contribution in [0.5, 0.6) is 0 Å². The van der Waals surface area contributed by atoms with Gasteiger partial charge in [-0.3, -0.25) is 0 Å². The molecule has 0 fully saturated rings. The summed E-state index contributed by atoms with van der Waals surface area (Å²) in [6, 6.07) is 21.3. The molecule has 0 atom stereocenters. The summed E-state index contributed by atoms with van der Waals surface area (Å²) in [5.74, 6) is 0. The lowest BCUT2D eigenvalue weighted by Gasteiger charge is -2.31. The molecule has 158 valence electrons. The number of hydrogen-bond acceptors (Lipinski definition) is 2. The van der Waals surface area contributed by atoms with Crippen LogP contribution in [-0.2, 0) is 0 Å². The fourth-order valence-electron chi connectivity index (χ4n) is 3.70. The Labute approximate surface area is 179 Å². The molecule has 0 radical (unpaired) electrons. The zero-order chi connectivity index (χ0) is 20.6. The van der Waals surface area contributed by atoms with Gasteiger partial charge in [0.1, 0.15) is 0 Å². The molecule has 0 saturated carbocycles. The molecule has 0 spiro atoms. The van der Waals surface area contributed by atoms with Gasteiger partial charge in [-0.1, -0.05) is 106 Å². The predicted octanol–water partition coefficient (Wildman–Crippen LogP) is 7.58. The van der Waals surface area contributed by atoms with Gasteiger partial charge in [-0.2, -0.15) is 0 Å². The molecular formula is C27H40N2. The molecule has 0 aliphatic carbocycles. The minimum absolute atomic E-state index is 1.10. The average Bonchev–Trinajstić information content (AvgIpc) is 2.75. The molecule has 2 rings (SSSR count). The second-order valence-corrected chi connectivity index (χ2v) is 8.09. The fraction of sp³-hybridized carbons (Fsp3) is 0.481. The van der Waals surface area contributed by atoms with E-state index in [1.807, 2.05) is 0 Å². The van der Waals surface area contributed by atoms with Crippen molar-refractivity contribution >= 4 is 11.8 Å². The van der Waals surface area contributed by atoms with Crippen LogP contribution in [0.1, 0.15) is 69.8 Å². The highest BCUT2D eigenvalue weighted by Gasteiger charge is 2.07. The largest absolute Gasteiger partial charge is 0.306 e. The normalized spacial score (nSPS) is 11.4. The van der Waals surface area contributed by atoms with E-state index < -0.39 is 0 Å². The third-order valence-corrected chi connectivity index (χ3v) is 5.39. The number of rotatable bonds is 15. The Kier molecular flexibility index (Phi) is 11.9. The second-order valence-electron chi connectivity index (χ2n) is 8.09. The Bertz CT molecular complexity index is 649. The summed E-state index contributed by atoms with van der Waals surface area (Å²) in [5, 5.41) is 4.57. The lowest BCUT2D eigenvalue weighted by molar-refractivity contribution is 0.363. The molecule has 0 aliphatic rings. The molecule has 2 nitrogen and oxygen atoms in total. The smallest absolute Gasteiger partial charge is 0.0521 e. The summed E-state index contributed by atoms with van der Waals surface area (Å²) >= 11 is 0. The highest BCUT2D eigenvalue weighted by molar-refractivity contribution is 5.48. The van der Waals surface area contributed by atoms with E-state index in [-0.39, 0.29) is 0 Å². The van der Waals surface area contributed by atoms with Crippen LogP contribution in [0.2, 0.25) is 0 Å². The Morgan fingerprint density at radius 2 is 1.14 bits per heavy atom. The van der Waals surface area contributed by atoms with Crippen LogP contribution in [0, 0.1) is 0 Å². The van der Waals surface area contributed by atoms with Crippen molar-refractivity contribution in [3.8, 4) is 0 Å². The van der Waals surface area contributed by atoms with E-state index in [4.69, 9.17) is 0 Å². The molecule has 2 heteroatoms. The average molecular weight is 393 g/mol. The Hall–Kier alpha value is -2.06. The maximum Gasteiger partial charge on any atom is 0.0521 e. The first-order chi connectivity index (χ1) is 14.3. The number of anilines is 1. The summed E-state index contributed by atoms with van der Waals surface area (Å²) < 4.78 is 0. The van der Waals surface area contributed by atoms with Gasteiger partial charge in [0.25, 0.3) is 0 Å². The van der Waals surface area contributed by atoms with Crippen molar-refractivity contribution in [1.29, 1.82) is 0 Å². The molecule has 0 aromatic heterocycles. The van der Waals surface area contributed by atoms with Crippen molar-refractivity contribution in [1.82, 2.24) is 5.01 Å². The van der Waals surface area contributed by atoms with Gasteiger partial charge < -0.3 is 5.01 Å². The van der Waals surface area contributed by atoms with Gasteiger partial charge >= 0.3 is 0 Å². The van der Waals surface area contributed by atoms with Gasteiger partial charge in [-0.15, -0.1) is 0 Å². The third-order valence-electron chi connectivity index (χ3n) is 5.39. The van der Waals surface area contributed by atoms with E-state index in [2.05, 4.69) is 96.9 Å². The van der Waals surface area contributed by atoms with Crippen LogP contribution in [0.15, 0.2) is 66.7 Å². The van der Waals surface area contributed by atoms with Crippen molar-refractivity contribution in [2.75, 3.05) is 25.6 Å². The Morgan fingerprint density at radius 1 is 0.621 bits per heavy atom. The summed E-state index contributed by atoms with van der Waals surface area (Å²) in [7, 11) is 4.26. The van der Waals surface area contributed by atoms with Gasteiger partial charge in [0.2, 0.25) is 0 Å². The highest BCUT2D eigenvalue weighted by Crippen LogP contribution is 2.16. The zero-order valence-electron chi connectivity index (χ0n) is 18.6. The van der Waals surface area contributed by atoms with E-state index in [0.717, 1.165) is 6.54 Å². The van der Waals surface area contributed by atoms with Crippen LogP contribution in [0.3, 0.4) is 0 Å². The Morgan fingerprint density at radius 3 is 1.72 bits per heavy atom. The standard InChI is InChI=1S/C27H40N2/c1-28(2)29(27-23-17-13-18-24-27)25-19-11-9-7-5-3-4-6-8-10-14-20-26-21-15-12-16-22-26/h12-18,20-24H,3-11,19,25H2,1-2H3. The van der Waals surface area contributed by atoms with Crippen molar-refractivity contribution in [2.45, 2.75) is 64.2 Å². The number of para-hydroxylation sites is 1. The second kappa shape index (κ2) is 14.9. The van der Waals surface area contributed by atoms with E-state index in [1.165, 1.54) is 75.5 Å². The summed E-state index contributed by atoms with van der Waals surface area (Å²) in [6.45, 7) is 1.10. The molecule has 2 aromatic carbocycles. The van der Waals surface area contributed by atoms with Crippen LogP contribution >= 0.6 is 0 Å². The molecule has 29 heavy (non-hydrogen) atoms. The number of allylic oxidation sites excluding steroid dienone is 1. The van der Waals surface area contributed by atoms with E-state index >= 15 is 0 Å². The fourth-order valence-corrected chi connectivity index (χ4v) is 3.70. The monoisotopic (exact) mass is 392 g/mol. The molecule has 2 aromatic rings. The first-order valence-corrected chi connectivity index (χ1v) is 11.5. The van der Waals surface area contributed by atoms with Gasteiger partial charge in [0.05, 0.1) is 5.69 Å². The summed E-state index contributed by atoms with van der Waals surface area (Å²) in [4.78, 5) is 0. The van der Waals surface area contributed by atoms with E-state index in [9.17, 15) is 0 Å².